The Bertz CT molecular complexity index is 557. The Hall–Kier alpha value is -1.28. The van der Waals surface area contributed by atoms with Crippen LogP contribution in [0.5, 0.6) is 0 Å². The van der Waals surface area contributed by atoms with Crippen LogP contribution in [0.3, 0.4) is 0 Å². The van der Waals surface area contributed by atoms with E-state index in [9.17, 15) is 4.79 Å². The molecule has 1 heterocycles. The van der Waals surface area contributed by atoms with Crippen molar-refractivity contribution < 1.29 is 9.21 Å². The van der Waals surface area contributed by atoms with Crippen LogP contribution in [-0.2, 0) is 0 Å². The lowest BCUT2D eigenvalue weighted by atomic mass is 10.1. The Morgan fingerprint density at radius 1 is 1.16 bits per heavy atom. The average Bonchev–Trinajstić information content (AvgIpc) is 2.81. The molecule has 0 aliphatic carbocycles. The first-order valence-electron chi connectivity index (χ1n) is 6.93. The second-order valence-electron chi connectivity index (χ2n) is 4.88. The number of hydrogen-bond donors (Lipinski definition) is 0. The summed E-state index contributed by atoms with van der Waals surface area (Å²) in [5, 5.41) is 1.55. The third-order valence-electron chi connectivity index (χ3n) is 3.26. The summed E-state index contributed by atoms with van der Waals surface area (Å²) in [5.74, 6) is 0.538. The summed E-state index contributed by atoms with van der Waals surface area (Å²) < 4.78 is 5.55. The zero-order valence-corrected chi connectivity index (χ0v) is 12.0. The van der Waals surface area contributed by atoms with E-state index < -0.39 is 0 Å². The molecule has 2 aromatic rings. The lowest BCUT2D eigenvalue weighted by Gasteiger charge is -1.98. The van der Waals surface area contributed by atoms with Crippen LogP contribution in [0, 0.1) is 0 Å². The molecule has 102 valence electrons. The monoisotopic (exact) mass is 278 g/mol. The molecule has 0 radical (unpaired) electrons. The van der Waals surface area contributed by atoms with E-state index in [-0.39, 0.29) is 5.78 Å². The number of ketones is 1. The van der Waals surface area contributed by atoms with Gasteiger partial charge in [0.15, 0.2) is 11.5 Å². The number of hydrogen-bond acceptors (Lipinski definition) is 2. The molecule has 3 heteroatoms. The molecule has 0 atom stereocenters. The Morgan fingerprint density at radius 3 is 2.74 bits per heavy atom. The molecule has 1 aromatic carbocycles. The van der Waals surface area contributed by atoms with Crippen molar-refractivity contribution in [1.29, 1.82) is 0 Å². The first kappa shape index (κ1) is 14.1. The first-order chi connectivity index (χ1) is 9.20. The van der Waals surface area contributed by atoms with E-state index in [1.165, 1.54) is 19.3 Å². The fraction of sp³-hybridized carbons (Fsp3) is 0.438. The molecule has 1 aromatic heterocycles. The van der Waals surface area contributed by atoms with Crippen LogP contribution < -0.4 is 0 Å². The Kier molecular flexibility index (Phi) is 5.03. The number of carbonyl (C=O) groups excluding carboxylic acids is 1. The molecular weight excluding hydrogens is 260 g/mol. The summed E-state index contributed by atoms with van der Waals surface area (Å²) >= 11 is 5.91. The number of fused-ring (bicyclic) bond motifs is 1. The van der Waals surface area contributed by atoms with Gasteiger partial charge in [-0.05, 0) is 30.7 Å². The number of rotatable bonds is 7. The third-order valence-corrected chi connectivity index (χ3v) is 3.50. The minimum atomic E-state index is 0.0869. The Balaban J connectivity index is 1.94. The number of carbonyl (C=O) groups is 1. The van der Waals surface area contributed by atoms with Crippen molar-refractivity contribution >= 4 is 28.4 Å². The van der Waals surface area contributed by atoms with Gasteiger partial charge in [-0.2, -0.15) is 0 Å². The Labute approximate surface area is 118 Å². The van der Waals surface area contributed by atoms with Crippen molar-refractivity contribution in [3.05, 3.63) is 35.0 Å². The Morgan fingerprint density at radius 2 is 1.95 bits per heavy atom. The highest BCUT2D eigenvalue weighted by atomic mass is 35.5. The molecule has 2 nitrogen and oxygen atoms in total. The number of furan rings is 1. The van der Waals surface area contributed by atoms with Gasteiger partial charge in [-0.15, -0.1) is 0 Å². The molecule has 0 spiro atoms. The van der Waals surface area contributed by atoms with Gasteiger partial charge in [-0.1, -0.05) is 44.2 Å². The lowest BCUT2D eigenvalue weighted by molar-refractivity contribution is 0.0954. The normalized spacial score (nSPS) is 11.1. The van der Waals surface area contributed by atoms with Crippen LogP contribution in [0.25, 0.3) is 11.0 Å². The summed E-state index contributed by atoms with van der Waals surface area (Å²) in [7, 11) is 0. The molecule has 0 aliphatic heterocycles. The quantitative estimate of drug-likeness (QED) is 0.485. The van der Waals surface area contributed by atoms with E-state index in [1.807, 2.05) is 6.07 Å². The number of halogens is 1. The molecular formula is C16H19ClO2. The zero-order valence-electron chi connectivity index (χ0n) is 11.2. The molecule has 0 bridgehead atoms. The molecule has 0 saturated carbocycles. The van der Waals surface area contributed by atoms with Gasteiger partial charge < -0.3 is 4.42 Å². The smallest absolute Gasteiger partial charge is 0.198 e. The minimum Gasteiger partial charge on any atom is -0.453 e. The van der Waals surface area contributed by atoms with Crippen LogP contribution in [-0.4, -0.2) is 5.78 Å². The molecule has 0 fully saturated rings. The van der Waals surface area contributed by atoms with Gasteiger partial charge in [0.1, 0.15) is 5.58 Å². The maximum absolute atomic E-state index is 12.0. The summed E-state index contributed by atoms with van der Waals surface area (Å²) in [4.78, 5) is 12.0. The average molecular weight is 279 g/mol. The van der Waals surface area contributed by atoms with Crippen LogP contribution in [0.1, 0.15) is 56.0 Å². The maximum atomic E-state index is 12.0. The van der Waals surface area contributed by atoms with E-state index >= 15 is 0 Å². The SMILES string of the molecule is CCCCCCCC(=O)c1cc2cc(Cl)ccc2o1. The van der Waals surface area contributed by atoms with Gasteiger partial charge in [0.25, 0.3) is 0 Å². The predicted molar refractivity (Wildman–Crippen MR) is 78.9 cm³/mol. The van der Waals surface area contributed by atoms with E-state index in [0.29, 0.717) is 17.2 Å². The minimum absolute atomic E-state index is 0.0869. The van der Waals surface area contributed by atoms with E-state index in [1.54, 1.807) is 18.2 Å². The van der Waals surface area contributed by atoms with E-state index in [0.717, 1.165) is 23.8 Å². The number of unbranched alkanes of at least 4 members (excludes halogenated alkanes) is 4. The first-order valence-corrected chi connectivity index (χ1v) is 7.31. The summed E-state index contributed by atoms with van der Waals surface area (Å²) in [6.07, 6.45) is 6.30. The highest BCUT2D eigenvalue weighted by Gasteiger charge is 2.12. The second kappa shape index (κ2) is 6.76. The van der Waals surface area contributed by atoms with Gasteiger partial charge in [0, 0.05) is 16.8 Å². The van der Waals surface area contributed by atoms with Crippen molar-refractivity contribution in [3.63, 3.8) is 0 Å². The molecule has 0 saturated heterocycles. The fourth-order valence-corrected chi connectivity index (χ4v) is 2.34. The standard InChI is InChI=1S/C16H19ClO2/c1-2-3-4-5-6-7-14(18)16-11-12-10-13(17)8-9-15(12)19-16/h8-11H,2-7H2,1H3. The highest BCUT2D eigenvalue weighted by molar-refractivity contribution is 6.31. The van der Waals surface area contributed by atoms with Crippen LogP contribution in [0.4, 0.5) is 0 Å². The summed E-state index contributed by atoms with van der Waals surface area (Å²) in [6.45, 7) is 2.19. The molecule has 0 aliphatic rings. The van der Waals surface area contributed by atoms with E-state index in [2.05, 4.69) is 6.92 Å². The van der Waals surface area contributed by atoms with Gasteiger partial charge in [-0.3, -0.25) is 4.79 Å². The second-order valence-corrected chi connectivity index (χ2v) is 5.32. The molecule has 0 N–H and O–H groups in total. The lowest BCUT2D eigenvalue weighted by Crippen LogP contribution is -1.96. The van der Waals surface area contributed by atoms with Crippen LogP contribution >= 0.6 is 11.6 Å². The van der Waals surface area contributed by atoms with Gasteiger partial charge in [0.05, 0.1) is 0 Å². The third kappa shape index (κ3) is 3.84. The molecule has 19 heavy (non-hydrogen) atoms. The van der Waals surface area contributed by atoms with Crippen LogP contribution in [0.15, 0.2) is 28.7 Å². The van der Waals surface area contributed by atoms with Crippen molar-refractivity contribution in [1.82, 2.24) is 0 Å². The summed E-state index contributed by atoms with van der Waals surface area (Å²) in [6, 6.07) is 7.18. The van der Waals surface area contributed by atoms with Crippen molar-refractivity contribution in [3.8, 4) is 0 Å². The fourth-order valence-electron chi connectivity index (χ4n) is 2.16. The number of benzene rings is 1. The molecule has 2 rings (SSSR count). The number of Topliss-reactive ketones (excluding diaryl/α,β-unsaturated/α-hetero) is 1. The topological polar surface area (TPSA) is 30.2 Å². The predicted octanol–water partition coefficient (Wildman–Crippen LogP) is 5.63. The van der Waals surface area contributed by atoms with E-state index in [4.69, 9.17) is 16.0 Å². The van der Waals surface area contributed by atoms with Gasteiger partial charge in [0.2, 0.25) is 0 Å². The molecule has 0 unspecified atom stereocenters. The zero-order chi connectivity index (χ0) is 13.7. The van der Waals surface area contributed by atoms with Crippen molar-refractivity contribution in [2.75, 3.05) is 0 Å². The van der Waals surface area contributed by atoms with Crippen LogP contribution in [0.2, 0.25) is 5.02 Å². The van der Waals surface area contributed by atoms with Crippen molar-refractivity contribution in [2.45, 2.75) is 45.4 Å². The maximum Gasteiger partial charge on any atom is 0.198 e. The van der Waals surface area contributed by atoms with Gasteiger partial charge >= 0.3 is 0 Å². The van der Waals surface area contributed by atoms with Crippen molar-refractivity contribution in [2.24, 2.45) is 0 Å². The largest absolute Gasteiger partial charge is 0.453 e. The van der Waals surface area contributed by atoms with Gasteiger partial charge in [-0.25, -0.2) is 0 Å². The molecule has 0 amide bonds. The summed E-state index contributed by atoms with van der Waals surface area (Å²) in [5.41, 5.74) is 0.721. The highest BCUT2D eigenvalue weighted by Crippen LogP contribution is 2.24.